The lowest BCUT2D eigenvalue weighted by Gasteiger charge is -2.13. The first-order valence-corrected chi connectivity index (χ1v) is 9.93. The quantitative estimate of drug-likeness (QED) is 0.384. The van der Waals surface area contributed by atoms with Gasteiger partial charge in [-0.05, 0) is 84.4 Å². The van der Waals surface area contributed by atoms with Gasteiger partial charge >= 0.3 is 0 Å². The molecule has 0 amide bonds. The van der Waals surface area contributed by atoms with Gasteiger partial charge in [-0.2, -0.15) is 0 Å². The molecule has 0 aliphatic carbocycles. The lowest BCUT2D eigenvalue weighted by atomic mass is 10.00. The van der Waals surface area contributed by atoms with Gasteiger partial charge in [-0.3, -0.25) is 0 Å². The van der Waals surface area contributed by atoms with Gasteiger partial charge in [0.1, 0.15) is 17.4 Å². The molecule has 0 radical (unpaired) electrons. The maximum atomic E-state index is 15.2. The largest absolute Gasteiger partial charge is 0.494 e. The molecule has 0 aliphatic heterocycles. The zero-order valence-electron chi connectivity index (χ0n) is 16.2. The molecule has 29 heavy (non-hydrogen) atoms. The molecule has 2 nitrogen and oxygen atoms in total. The van der Waals surface area contributed by atoms with Crippen LogP contribution in [-0.2, 0) is 0 Å². The van der Waals surface area contributed by atoms with Crippen molar-refractivity contribution in [3.8, 4) is 28.1 Å². The van der Waals surface area contributed by atoms with Crippen molar-refractivity contribution in [3.05, 3.63) is 77.9 Å². The highest BCUT2D eigenvalue weighted by atomic mass is 31.0. The monoisotopic (exact) mass is 407 g/mol. The summed E-state index contributed by atoms with van der Waals surface area (Å²) in [5.74, 6) is 0.0771. The zero-order chi connectivity index (χ0) is 20.5. The van der Waals surface area contributed by atoms with Crippen molar-refractivity contribution in [1.82, 2.24) is 4.98 Å². The first kappa shape index (κ1) is 19.5. The Morgan fingerprint density at radius 1 is 0.966 bits per heavy atom. The van der Waals surface area contributed by atoms with Crippen molar-refractivity contribution < 1.29 is 13.5 Å². The molecule has 0 aliphatic rings. The number of hydrogen-bond donors (Lipinski definition) is 0. The van der Waals surface area contributed by atoms with Crippen molar-refractivity contribution in [3.63, 3.8) is 0 Å². The maximum absolute atomic E-state index is 15.2. The van der Waals surface area contributed by atoms with E-state index in [1.165, 1.54) is 18.2 Å². The molecule has 3 aromatic carbocycles. The highest BCUT2D eigenvalue weighted by Gasteiger charge is 2.15. The van der Waals surface area contributed by atoms with E-state index in [9.17, 15) is 4.39 Å². The summed E-state index contributed by atoms with van der Waals surface area (Å²) in [6.07, 6.45) is 0. The Balaban J connectivity index is 1.81. The first-order valence-electron chi connectivity index (χ1n) is 9.36. The zero-order valence-corrected chi connectivity index (χ0v) is 17.3. The van der Waals surface area contributed by atoms with Crippen molar-refractivity contribution in [2.24, 2.45) is 0 Å². The molecule has 1 unspecified atom stereocenters. The van der Waals surface area contributed by atoms with E-state index >= 15 is 4.39 Å². The lowest BCUT2D eigenvalue weighted by molar-refractivity contribution is 0.340. The molecule has 0 bridgehead atoms. The highest BCUT2D eigenvalue weighted by Crippen LogP contribution is 2.31. The fourth-order valence-electron chi connectivity index (χ4n) is 3.49. The second-order valence-electron chi connectivity index (χ2n) is 6.87. The Kier molecular flexibility index (Phi) is 5.29. The summed E-state index contributed by atoms with van der Waals surface area (Å²) in [5.41, 5.74) is 4.08. The smallest absolute Gasteiger partial charge is 0.133 e. The van der Waals surface area contributed by atoms with Crippen LogP contribution in [0.2, 0.25) is 0 Å². The van der Waals surface area contributed by atoms with Crippen LogP contribution in [0.5, 0.6) is 5.75 Å². The molecule has 146 valence electrons. The van der Waals surface area contributed by atoms with E-state index < -0.39 is 0 Å². The van der Waals surface area contributed by atoms with Gasteiger partial charge in [0.25, 0.3) is 0 Å². The minimum Gasteiger partial charge on any atom is -0.494 e. The molecule has 0 N–H and O–H groups in total. The van der Waals surface area contributed by atoms with E-state index in [4.69, 9.17) is 4.74 Å². The van der Waals surface area contributed by atoms with Gasteiger partial charge in [-0.1, -0.05) is 12.1 Å². The van der Waals surface area contributed by atoms with Gasteiger partial charge in [-0.25, -0.2) is 13.8 Å². The van der Waals surface area contributed by atoms with Crippen molar-refractivity contribution in [1.29, 1.82) is 0 Å². The van der Waals surface area contributed by atoms with Gasteiger partial charge in [0.15, 0.2) is 0 Å². The van der Waals surface area contributed by atoms with Crippen molar-refractivity contribution >= 4 is 25.4 Å². The number of nitrogens with zero attached hydrogens (tertiary/aromatic N) is 1. The van der Waals surface area contributed by atoms with E-state index in [0.717, 1.165) is 27.8 Å². The average Bonchev–Trinajstić information content (AvgIpc) is 2.68. The van der Waals surface area contributed by atoms with Gasteiger partial charge in [0.05, 0.1) is 17.8 Å². The van der Waals surface area contributed by atoms with Crippen LogP contribution in [0.1, 0.15) is 12.5 Å². The summed E-state index contributed by atoms with van der Waals surface area (Å²) in [7, 11) is 2.60. The van der Waals surface area contributed by atoms with Crippen molar-refractivity contribution in [2.45, 2.75) is 13.8 Å². The Labute approximate surface area is 170 Å². The van der Waals surface area contributed by atoms with E-state index in [0.29, 0.717) is 28.7 Å². The third-order valence-electron chi connectivity index (χ3n) is 4.83. The molecule has 1 heterocycles. The molecule has 0 spiro atoms. The summed E-state index contributed by atoms with van der Waals surface area (Å²) in [6, 6.07) is 17.3. The number of benzene rings is 3. The topological polar surface area (TPSA) is 22.1 Å². The van der Waals surface area contributed by atoms with Crippen LogP contribution in [0, 0.1) is 18.6 Å². The molecule has 4 rings (SSSR count). The molecule has 4 aromatic rings. The summed E-state index contributed by atoms with van der Waals surface area (Å²) < 4.78 is 34.3. The summed E-state index contributed by atoms with van der Waals surface area (Å²) in [5, 5.41) is 1.43. The number of halogens is 2. The average molecular weight is 407 g/mol. The summed E-state index contributed by atoms with van der Waals surface area (Å²) >= 11 is 0. The number of aryl methyl sites for hydroxylation is 1. The Morgan fingerprint density at radius 3 is 2.55 bits per heavy atom. The summed E-state index contributed by atoms with van der Waals surface area (Å²) in [6.45, 7) is 4.37. The number of hydrogen-bond acceptors (Lipinski definition) is 2. The van der Waals surface area contributed by atoms with Gasteiger partial charge in [-0.15, -0.1) is 9.24 Å². The fourth-order valence-corrected chi connectivity index (χ4v) is 3.96. The van der Waals surface area contributed by atoms with Gasteiger partial charge in [0.2, 0.25) is 0 Å². The highest BCUT2D eigenvalue weighted by molar-refractivity contribution is 7.28. The van der Waals surface area contributed by atoms with Crippen LogP contribution in [-0.4, -0.2) is 11.6 Å². The van der Waals surface area contributed by atoms with E-state index in [1.807, 2.05) is 44.2 Å². The van der Waals surface area contributed by atoms with Gasteiger partial charge < -0.3 is 4.74 Å². The third kappa shape index (κ3) is 3.86. The van der Waals surface area contributed by atoms with Crippen LogP contribution in [0.4, 0.5) is 8.78 Å². The van der Waals surface area contributed by atoms with E-state index in [1.54, 1.807) is 12.1 Å². The lowest BCUT2D eigenvalue weighted by Crippen LogP contribution is -2.04. The van der Waals surface area contributed by atoms with Crippen LogP contribution in [0.3, 0.4) is 0 Å². The van der Waals surface area contributed by atoms with Crippen LogP contribution >= 0.6 is 9.24 Å². The van der Waals surface area contributed by atoms with Crippen molar-refractivity contribution in [2.75, 3.05) is 6.61 Å². The molecule has 0 saturated heterocycles. The summed E-state index contributed by atoms with van der Waals surface area (Å²) in [4.78, 5) is 4.57. The standard InChI is InChI=1S/C24H20F2NOP/c1-3-28-18-6-4-5-15(10-18)16-11-20(26)24(23(29)12-16)22-9-14(2)19-13-17(25)7-8-21(19)27-22/h4-13H,3,29H2,1-2H3. The Morgan fingerprint density at radius 2 is 1.79 bits per heavy atom. The second kappa shape index (κ2) is 7.88. The number of fused-ring (bicyclic) bond motifs is 1. The SMILES string of the molecule is CCOc1cccc(-c2cc(F)c(-c3cc(C)c4cc(F)ccc4n3)c(P)c2)c1. The minimum absolute atomic E-state index is 0.313. The third-order valence-corrected chi connectivity index (χ3v) is 5.29. The van der Waals surface area contributed by atoms with Gasteiger partial charge in [0, 0.05) is 10.9 Å². The molecular formula is C24H20F2NOP. The Bertz CT molecular complexity index is 1200. The molecule has 1 aromatic heterocycles. The normalized spacial score (nSPS) is 11.1. The van der Waals surface area contributed by atoms with Crippen LogP contribution < -0.4 is 10.0 Å². The van der Waals surface area contributed by atoms with E-state index in [-0.39, 0.29) is 11.6 Å². The minimum atomic E-state index is -0.359. The number of pyridine rings is 1. The molecule has 1 atom stereocenters. The second-order valence-corrected chi connectivity index (χ2v) is 7.49. The Hall–Kier alpha value is -2.84. The maximum Gasteiger partial charge on any atom is 0.133 e. The molecule has 5 heteroatoms. The predicted octanol–water partition coefficient (Wildman–Crippen LogP) is 6.05. The molecule has 0 fully saturated rings. The van der Waals surface area contributed by atoms with E-state index in [2.05, 4.69) is 14.2 Å². The fraction of sp³-hybridized carbons (Fsp3) is 0.125. The molecule has 0 saturated carbocycles. The predicted molar refractivity (Wildman–Crippen MR) is 118 cm³/mol. The number of aromatic nitrogens is 1. The molecular weight excluding hydrogens is 387 g/mol. The number of ether oxygens (including phenoxy) is 1. The number of rotatable bonds is 4. The van der Waals surface area contributed by atoms with Crippen LogP contribution in [0.15, 0.2) is 60.7 Å². The van der Waals surface area contributed by atoms with Crippen LogP contribution in [0.25, 0.3) is 33.3 Å². The first-order chi connectivity index (χ1) is 14.0.